The number of halogens is 1. The molecule has 1 aromatic carbocycles. The second-order valence-corrected chi connectivity index (χ2v) is 6.19. The van der Waals surface area contributed by atoms with Gasteiger partial charge in [0.2, 0.25) is 0 Å². The number of ether oxygens (including phenoxy) is 1. The van der Waals surface area contributed by atoms with Crippen LogP contribution in [0.3, 0.4) is 0 Å². The van der Waals surface area contributed by atoms with Gasteiger partial charge in [0.15, 0.2) is 0 Å². The van der Waals surface area contributed by atoms with Crippen molar-refractivity contribution in [1.29, 1.82) is 0 Å². The van der Waals surface area contributed by atoms with Crippen molar-refractivity contribution < 1.29 is 13.9 Å². The highest BCUT2D eigenvalue weighted by Gasteiger charge is 2.34. The highest BCUT2D eigenvalue weighted by molar-refractivity contribution is 5.80. The molecule has 0 aromatic heterocycles. The third-order valence-electron chi connectivity index (χ3n) is 2.63. The van der Waals surface area contributed by atoms with Gasteiger partial charge in [-0.05, 0) is 51.8 Å². The van der Waals surface area contributed by atoms with E-state index in [1.165, 1.54) is 6.07 Å². The number of carbonyl (C=O) groups excluding carboxylic acids is 1. The minimum absolute atomic E-state index is 0.105. The van der Waals surface area contributed by atoms with E-state index in [1.54, 1.807) is 39.8 Å². The number of benzene rings is 1. The first-order valence-corrected chi connectivity index (χ1v) is 6.29. The van der Waals surface area contributed by atoms with Gasteiger partial charge in [0, 0.05) is 6.42 Å². The number of hydrogen-bond donors (Lipinski definition) is 1. The molecule has 19 heavy (non-hydrogen) atoms. The summed E-state index contributed by atoms with van der Waals surface area (Å²) in [6, 6.07) is 4.88. The molecule has 0 radical (unpaired) electrons. The molecule has 106 valence electrons. The van der Waals surface area contributed by atoms with Crippen LogP contribution in [-0.2, 0) is 16.0 Å². The lowest BCUT2D eigenvalue weighted by atomic mass is 9.93. The fourth-order valence-electron chi connectivity index (χ4n) is 1.66. The second kappa shape index (κ2) is 5.29. The van der Waals surface area contributed by atoms with Crippen molar-refractivity contribution >= 4 is 5.97 Å². The van der Waals surface area contributed by atoms with Crippen LogP contribution >= 0.6 is 0 Å². The zero-order valence-corrected chi connectivity index (χ0v) is 12.2. The van der Waals surface area contributed by atoms with Gasteiger partial charge < -0.3 is 10.5 Å². The van der Waals surface area contributed by atoms with Crippen LogP contribution in [0.15, 0.2) is 18.2 Å². The number of carbonyl (C=O) groups is 1. The van der Waals surface area contributed by atoms with Crippen molar-refractivity contribution in [1.82, 2.24) is 0 Å². The summed E-state index contributed by atoms with van der Waals surface area (Å²) in [5, 5.41) is 0. The van der Waals surface area contributed by atoms with E-state index >= 15 is 0 Å². The van der Waals surface area contributed by atoms with E-state index in [0.29, 0.717) is 5.56 Å². The van der Waals surface area contributed by atoms with E-state index in [2.05, 4.69) is 0 Å². The Morgan fingerprint density at radius 3 is 2.37 bits per heavy atom. The maximum absolute atomic E-state index is 13.8. The van der Waals surface area contributed by atoms with Gasteiger partial charge in [0.1, 0.15) is 17.0 Å². The Hall–Kier alpha value is -1.42. The highest BCUT2D eigenvalue weighted by Crippen LogP contribution is 2.19. The fraction of sp³-hybridized carbons (Fsp3) is 0.533. The third-order valence-corrected chi connectivity index (χ3v) is 2.63. The summed E-state index contributed by atoms with van der Waals surface area (Å²) in [5.74, 6) is -0.875. The Labute approximate surface area is 113 Å². The summed E-state index contributed by atoms with van der Waals surface area (Å²) in [5.41, 5.74) is 5.36. The minimum atomic E-state index is -1.25. The quantitative estimate of drug-likeness (QED) is 0.857. The van der Waals surface area contributed by atoms with E-state index in [9.17, 15) is 9.18 Å². The largest absolute Gasteiger partial charge is 0.459 e. The average molecular weight is 267 g/mol. The molecular weight excluding hydrogens is 245 g/mol. The topological polar surface area (TPSA) is 52.3 Å². The van der Waals surface area contributed by atoms with Gasteiger partial charge in [-0.25, -0.2) is 4.39 Å². The van der Waals surface area contributed by atoms with Crippen molar-refractivity contribution in [2.45, 2.75) is 52.2 Å². The normalized spacial score (nSPS) is 14.9. The minimum Gasteiger partial charge on any atom is -0.459 e. The lowest BCUT2D eigenvalue weighted by molar-refractivity contribution is -0.160. The van der Waals surface area contributed by atoms with Crippen molar-refractivity contribution in [2.24, 2.45) is 5.73 Å². The summed E-state index contributed by atoms with van der Waals surface area (Å²) in [4.78, 5) is 12.0. The molecule has 4 heteroatoms. The van der Waals surface area contributed by atoms with Crippen LogP contribution in [0.1, 0.15) is 38.8 Å². The first-order chi connectivity index (χ1) is 8.51. The van der Waals surface area contributed by atoms with Crippen LogP contribution in [-0.4, -0.2) is 17.1 Å². The molecule has 0 bridgehead atoms. The van der Waals surface area contributed by atoms with Gasteiger partial charge in [-0.3, -0.25) is 4.79 Å². The molecule has 0 fully saturated rings. The summed E-state index contributed by atoms with van der Waals surface area (Å²) >= 11 is 0. The number of rotatable bonds is 3. The maximum atomic E-state index is 13.8. The number of esters is 1. The van der Waals surface area contributed by atoms with Crippen molar-refractivity contribution in [3.8, 4) is 0 Å². The van der Waals surface area contributed by atoms with Gasteiger partial charge in [-0.2, -0.15) is 0 Å². The Morgan fingerprint density at radius 2 is 1.89 bits per heavy atom. The summed E-state index contributed by atoms with van der Waals surface area (Å²) in [6.07, 6.45) is 0.105. The van der Waals surface area contributed by atoms with Gasteiger partial charge >= 0.3 is 5.97 Å². The van der Waals surface area contributed by atoms with E-state index in [1.807, 2.05) is 6.92 Å². The molecule has 0 unspecified atom stereocenters. The first kappa shape index (κ1) is 15.6. The lowest BCUT2D eigenvalue weighted by Gasteiger charge is -2.28. The predicted octanol–water partition coefficient (Wildman–Crippen LogP) is 2.74. The van der Waals surface area contributed by atoms with E-state index in [4.69, 9.17) is 10.5 Å². The average Bonchev–Trinajstić information content (AvgIpc) is 2.19. The molecule has 0 spiro atoms. The number of nitrogens with two attached hydrogens (primary N) is 1. The molecule has 2 N–H and O–H groups in total. The molecule has 1 atom stereocenters. The lowest BCUT2D eigenvalue weighted by Crippen LogP contribution is -2.50. The van der Waals surface area contributed by atoms with Gasteiger partial charge in [0.25, 0.3) is 0 Å². The van der Waals surface area contributed by atoms with Crippen LogP contribution in [0.25, 0.3) is 0 Å². The monoisotopic (exact) mass is 267 g/mol. The predicted molar refractivity (Wildman–Crippen MR) is 73.3 cm³/mol. The van der Waals surface area contributed by atoms with E-state index < -0.39 is 17.1 Å². The van der Waals surface area contributed by atoms with Crippen LogP contribution in [0.2, 0.25) is 0 Å². The summed E-state index contributed by atoms with van der Waals surface area (Å²) in [7, 11) is 0. The zero-order chi connectivity index (χ0) is 14.8. The van der Waals surface area contributed by atoms with Gasteiger partial charge in [0.05, 0.1) is 0 Å². The van der Waals surface area contributed by atoms with Crippen molar-refractivity contribution in [3.63, 3.8) is 0 Å². The Bertz CT molecular complexity index is 476. The molecule has 0 saturated carbocycles. The standard InChI is InChI=1S/C15H22FNO2/c1-10-6-7-11(12(16)8-10)9-15(5,17)13(18)19-14(2,3)4/h6-8H,9,17H2,1-5H3/t15-/m0/s1. The van der Waals surface area contributed by atoms with Gasteiger partial charge in [-0.15, -0.1) is 0 Å². The third kappa shape index (κ3) is 4.63. The van der Waals surface area contributed by atoms with Crippen molar-refractivity contribution in [2.75, 3.05) is 0 Å². The molecule has 0 amide bonds. The maximum Gasteiger partial charge on any atom is 0.326 e. The molecule has 0 aliphatic heterocycles. The van der Waals surface area contributed by atoms with Crippen LogP contribution in [0.4, 0.5) is 4.39 Å². The second-order valence-electron chi connectivity index (χ2n) is 6.19. The molecule has 0 aliphatic carbocycles. The first-order valence-electron chi connectivity index (χ1n) is 6.29. The molecular formula is C15H22FNO2. The number of aryl methyl sites for hydroxylation is 1. The summed E-state index contributed by atoms with van der Waals surface area (Å²) in [6.45, 7) is 8.68. The van der Waals surface area contributed by atoms with E-state index in [-0.39, 0.29) is 12.2 Å². The Kier molecular flexibility index (Phi) is 4.35. The fourth-order valence-corrected chi connectivity index (χ4v) is 1.66. The van der Waals surface area contributed by atoms with Crippen LogP contribution in [0, 0.1) is 12.7 Å². The Morgan fingerprint density at radius 1 is 1.32 bits per heavy atom. The molecule has 3 nitrogen and oxygen atoms in total. The zero-order valence-electron chi connectivity index (χ0n) is 12.2. The molecule has 0 aliphatic rings. The molecule has 1 aromatic rings. The van der Waals surface area contributed by atoms with Crippen LogP contribution in [0.5, 0.6) is 0 Å². The smallest absolute Gasteiger partial charge is 0.326 e. The molecule has 0 saturated heterocycles. The molecule has 0 heterocycles. The SMILES string of the molecule is Cc1ccc(C[C@](C)(N)C(=O)OC(C)(C)C)c(F)c1. The van der Waals surface area contributed by atoms with Gasteiger partial charge in [-0.1, -0.05) is 12.1 Å². The van der Waals surface area contributed by atoms with Crippen molar-refractivity contribution in [3.05, 3.63) is 35.1 Å². The highest BCUT2D eigenvalue weighted by atomic mass is 19.1. The van der Waals surface area contributed by atoms with Crippen LogP contribution < -0.4 is 5.73 Å². The Balaban J connectivity index is 2.87. The summed E-state index contributed by atoms with van der Waals surface area (Å²) < 4.78 is 19.0. The molecule has 1 rings (SSSR count). The number of hydrogen-bond acceptors (Lipinski definition) is 3. The van der Waals surface area contributed by atoms with E-state index in [0.717, 1.165) is 5.56 Å².